The molecule has 0 unspecified atom stereocenters. The lowest BCUT2D eigenvalue weighted by Crippen LogP contribution is -1.56. The fourth-order valence-corrected chi connectivity index (χ4v) is 0.176. The van der Waals surface area contributed by atoms with Gasteiger partial charge >= 0.3 is 0 Å². The van der Waals surface area contributed by atoms with Crippen LogP contribution in [0.3, 0.4) is 0 Å². The molecule has 1 saturated heterocycles. The zero-order chi connectivity index (χ0) is 5.66. The summed E-state index contributed by atoms with van der Waals surface area (Å²) in [6.45, 7) is 2.50. The first-order chi connectivity index (χ1) is 4.00. The number of nitrogens with one attached hydrogen (secondary N) is 1. The van der Waals surface area contributed by atoms with Crippen molar-refractivity contribution in [2.45, 2.75) is 0 Å². The van der Waals surface area contributed by atoms with E-state index in [0.717, 1.165) is 0 Å². The monoisotopic (exact) mass is 112 g/mol. The Balaban J connectivity index is 0.0000000907. The molecule has 0 saturated carbocycles. The third kappa shape index (κ3) is 3.36. The molecule has 0 amide bonds. The maximum Gasteiger partial charge on any atom is 0.180 e. The van der Waals surface area contributed by atoms with Crippen LogP contribution < -0.4 is 5.32 Å². The first kappa shape index (κ1) is 5.31. The van der Waals surface area contributed by atoms with Crippen LogP contribution in [0.2, 0.25) is 0 Å². The van der Waals surface area contributed by atoms with Crippen LogP contribution in [0.4, 0.5) is 0 Å². The van der Waals surface area contributed by atoms with Gasteiger partial charge in [0.15, 0.2) is 6.39 Å². The normalized spacial score (nSPS) is 14.0. The molecule has 0 bridgehead atoms. The van der Waals surface area contributed by atoms with Crippen LogP contribution in [0.25, 0.3) is 0 Å². The van der Waals surface area contributed by atoms with E-state index >= 15 is 0 Å². The van der Waals surface area contributed by atoms with E-state index in [4.69, 9.17) is 0 Å². The van der Waals surface area contributed by atoms with E-state index < -0.39 is 0 Å². The van der Waals surface area contributed by atoms with E-state index in [1.165, 1.54) is 25.7 Å². The first-order valence-corrected chi connectivity index (χ1v) is 2.53. The minimum atomic E-state index is 1.25. The highest BCUT2D eigenvalue weighted by Crippen LogP contribution is 1.72. The van der Waals surface area contributed by atoms with Crippen LogP contribution in [0.15, 0.2) is 23.3 Å². The second kappa shape index (κ2) is 3.21. The molecule has 8 heavy (non-hydrogen) atoms. The molecule has 1 N–H and O–H groups in total. The van der Waals surface area contributed by atoms with Gasteiger partial charge in [-0.05, 0) is 0 Å². The quantitative estimate of drug-likeness (QED) is 0.490. The second-order valence-corrected chi connectivity index (χ2v) is 1.43. The Morgan fingerprint density at radius 2 is 2.25 bits per heavy atom. The van der Waals surface area contributed by atoms with E-state index in [9.17, 15) is 0 Å². The molecule has 3 heteroatoms. The fraction of sp³-hybridized carbons (Fsp3) is 0.400. The minimum Gasteiger partial charge on any atom is -0.452 e. The lowest BCUT2D eigenvalue weighted by Gasteiger charge is -1.47. The number of aromatic nitrogens is 1. The summed E-state index contributed by atoms with van der Waals surface area (Å²) in [6, 6.07) is 0. The zero-order valence-corrected chi connectivity index (χ0v) is 4.50. The molecule has 0 radical (unpaired) electrons. The maximum absolute atomic E-state index is 4.47. The van der Waals surface area contributed by atoms with Gasteiger partial charge in [-0.25, -0.2) is 4.98 Å². The van der Waals surface area contributed by atoms with Crippen LogP contribution in [0.1, 0.15) is 0 Å². The lowest BCUT2D eigenvalue weighted by molar-refractivity contribution is 0.558. The maximum atomic E-state index is 4.47. The predicted octanol–water partition coefficient (Wildman–Crippen LogP) is 0.264. The van der Waals surface area contributed by atoms with Crippen molar-refractivity contribution in [3.05, 3.63) is 18.9 Å². The van der Waals surface area contributed by atoms with Gasteiger partial charge in [0.1, 0.15) is 6.26 Å². The van der Waals surface area contributed by atoms with Crippen molar-refractivity contribution in [2.24, 2.45) is 0 Å². The van der Waals surface area contributed by atoms with E-state index in [2.05, 4.69) is 14.7 Å². The molecule has 2 rings (SSSR count). The Bertz CT molecular complexity index is 94.0. The topological polar surface area (TPSA) is 48.0 Å². The summed E-state index contributed by atoms with van der Waals surface area (Å²) in [5, 5.41) is 3.00. The molecule has 0 spiro atoms. The Hall–Kier alpha value is -0.830. The van der Waals surface area contributed by atoms with E-state index in [1.807, 2.05) is 0 Å². The average Bonchev–Trinajstić information content (AvgIpc) is 2.55. The molecule has 1 aromatic rings. The van der Waals surface area contributed by atoms with Crippen molar-refractivity contribution in [1.82, 2.24) is 10.3 Å². The molecule has 2 heterocycles. The molecule has 1 aliphatic heterocycles. The third-order valence-corrected chi connectivity index (χ3v) is 0.597. The predicted molar refractivity (Wildman–Crippen MR) is 29.4 cm³/mol. The molecule has 0 aliphatic carbocycles. The number of nitrogens with zero attached hydrogens (tertiary/aromatic N) is 1. The van der Waals surface area contributed by atoms with E-state index in [0.29, 0.717) is 0 Å². The highest BCUT2D eigenvalue weighted by Gasteiger charge is 1.91. The lowest BCUT2D eigenvalue weighted by atomic mass is 11.0. The van der Waals surface area contributed by atoms with Crippen molar-refractivity contribution in [1.29, 1.82) is 0 Å². The van der Waals surface area contributed by atoms with Gasteiger partial charge < -0.3 is 9.73 Å². The molecule has 0 atom stereocenters. The first-order valence-electron chi connectivity index (χ1n) is 2.53. The number of oxazole rings is 1. The summed E-state index contributed by atoms with van der Waals surface area (Å²) in [7, 11) is 0. The smallest absolute Gasteiger partial charge is 0.180 e. The molecule has 1 aliphatic rings. The summed E-state index contributed by atoms with van der Waals surface area (Å²) in [4.78, 5) is 3.56. The van der Waals surface area contributed by atoms with Crippen molar-refractivity contribution in [2.75, 3.05) is 13.1 Å². The Labute approximate surface area is 47.7 Å². The number of hydrogen-bond donors (Lipinski definition) is 1. The number of hydrogen-bond acceptors (Lipinski definition) is 3. The van der Waals surface area contributed by atoms with Gasteiger partial charge in [0, 0.05) is 13.1 Å². The zero-order valence-electron chi connectivity index (χ0n) is 4.50. The number of rotatable bonds is 0. The Kier molecular flexibility index (Phi) is 2.13. The highest BCUT2D eigenvalue weighted by molar-refractivity contribution is 4.58. The molecule has 44 valence electrons. The molecule has 1 fully saturated rings. The van der Waals surface area contributed by atoms with Gasteiger partial charge in [0.2, 0.25) is 0 Å². The summed E-state index contributed by atoms with van der Waals surface area (Å²) >= 11 is 0. The largest absolute Gasteiger partial charge is 0.452 e. The standard InChI is InChI=1S/C3H3NO.C2H5N/c1-2-5-3-4-1;1-2-3-1/h1-3H;3H,1-2H2. The van der Waals surface area contributed by atoms with E-state index in [1.54, 1.807) is 6.20 Å². The average molecular weight is 112 g/mol. The highest BCUT2D eigenvalue weighted by atomic mass is 16.3. The second-order valence-electron chi connectivity index (χ2n) is 1.43. The van der Waals surface area contributed by atoms with Crippen molar-refractivity contribution < 1.29 is 4.42 Å². The van der Waals surface area contributed by atoms with Crippen LogP contribution in [-0.2, 0) is 0 Å². The molecule has 0 aromatic carbocycles. The van der Waals surface area contributed by atoms with Gasteiger partial charge in [-0.1, -0.05) is 0 Å². The fourth-order valence-electron chi connectivity index (χ4n) is 0.176. The minimum absolute atomic E-state index is 1.25. The van der Waals surface area contributed by atoms with Crippen LogP contribution >= 0.6 is 0 Å². The van der Waals surface area contributed by atoms with Crippen LogP contribution in [0, 0.1) is 0 Å². The van der Waals surface area contributed by atoms with Gasteiger partial charge in [-0.15, -0.1) is 0 Å². The Morgan fingerprint density at radius 3 is 2.38 bits per heavy atom. The molecular formula is C5H8N2O. The summed E-state index contributed by atoms with van der Waals surface area (Å²) in [6.07, 6.45) is 4.47. The van der Waals surface area contributed by atoms with Gasteiger partial charge in [-0.2, -0.15) is 0 Å². The SMILES string of the molecule is C1CN1.c1cocn1. The van der Waals surface area contributed by atoms with Crippen LogP contribution in [0.5, 0.6) is 0 Å². The molecular weight excluding hydrogens is 104 g/mol. The van der Waals surface area contributed by atoms with E-state index in [-0.39, 0.29) is 0 Å². The van der Waals surface area contributed by atoms with Gasteiger partial charge in [0.05, 0.1) is 6.20 Å². The third-order valence-electron chi connectivity index (χ3n) is 0.597. The molecule has 1 aromatic heterocycles. The van der Waals surface area contributed by atoms with Crippen molar-refractivity contribution >= 4 is 0 Å². The summed E-state index contributed by atoms with van der Waals surface area (Å²) in [5.41, 5.74) is 0. The van der Waals surface area contributed by atoms with Gasteiger partial charge in [-0.3, -0.25) is 0 Å². The molecule has 3 nitrogen and oxygen atoms in total. The van der Waals surface area contributed by atoms with Crippen molar-refractivity contribution in [3.8, 4) is 0 Å². The van der Waals surface area contributed by atoms with Crippen molar-refractivity contribution in [3.63, 3.8) is 0 Å². The van der Waals surface area contributed by atoms with Crippen LogP contribution in [-0.4, -0.2) is 18.1 Å². The summed E-state index contributed by atoms with van der Waals surface area (Å²) < 4.78 is 4.47. The van der Waals surface area contributed by atoms with Gasteiger partial charge in [0.25, 0.3) is 0 Å². The summed E-state index contributed by atoms with van der Waals surface area (Å²) in [5.74, 6) is 0. The Morgan fingerprint density at radius 1 is 1.50 bits per heavy atom.